The summed E-state index contributed by atoms with van der Waals surface area (Å²) in [5, 5.41) is 11.2. The van der Waals surface area contributed by atoms with Gasteiger partial charge in [-0.2, -0.15) is 5.26 Å². The standard InChI is InChI=1S/C18H19FN4O5/c1-18(2)16(26)23(17(27)21-18)10-15(25)28-11-14(24)22(9-3-8-20)13-6-4-12(19)5-7-13/h4-7H,3,9-11H2,1-2H3,(H,21,27). The Bertz CT molecular complexity index is 831. The van der Waals surface area contributed by atoms with Crippen LogP contribution in [-0.4, -0.2) is 54.0 Å². The lowest BCUT2D eigenvalue weighted by Crippen LogP contribution is -2.41. The predicted octanol–water partition coefficient (Wildman–Crippen LogP) is 0.946. The van der Waals surface area contributed by atoms with E-state index >= 15 is 0 Å². The fourth-order valence-electron chi connectivity index (χ4n) is 2.54. The fourth-order valence-corrected chi connectivity index (χ4v) is 2.54. The maximum absolute atomic E-state index is 13.1. The molecule has 1 fully saturated rings. The molecule has 0 unspecified atom stereocenters. The maximum Gasteiger partial charge on any atom is 0.326 e. The minimum atomic E-state index is -1.12. The van der Waals surface area contributed by atoms with Crippen molar-refractivity contribution in [3.05, 3.63) is 30.1 Å². The van der Waals surface area contributed by atoms with Crippen LogP contribution in [0.4, 0.5) is 14.9 Å². The van der Waals surface area contributed by atoms with Crippen molar-refractivity contribution in [3.63, 3.8) is 0 Å². The SMILES string of the molecule is CC1(C)NC(=O)N(CC(=O)OCC(=O)N(CCC#N)c2ccc(F)cc2)C1=O. The Kier molecular flexibility index (Phi) is 6.30. The molecule has 1 N–H and O–H groups in total. The van der Waals surface area contributed by atoms with E-state index in [1.54, 1.807) is 0 Å². The summed E-state index contributed by atoms with van der Waals surface area (Å²) in [7, 11) is 0. The number of imide groups is 1. The quantitative estimate of drug-likeness (QED) is 0.547. The van der Waals surface area contributed by atoms with Crippen LogP contribution >= 0.6 is 0 Å². The molecule has 9 nitrogen and oxygen atoms in total. The third-order valence-corrected chi connectivity index (χ3v) is 3.97. The summed E-state index contributed by atoms with van der Waals surface area (Å²) < 4.78 is 18.0. The van der Waals surface area contributed by atoms with E-state index in [4.69, 9.17) is 10.00 Å². The number of ether oxygens (including phenoxy) is 1. The number of nitriles is 1. The molecule has 1 aromatic rings. The van der Waals surface area contributed by atoms with Crippen molar-refractivity contribution in [1.82, 2.24) is 10.2 Å². The molecule has 0 atom stereocenters. The van der Waals surface area contributed by atoms with E-state index in [2.05, 4.69) is 5.32 Å². The zero-order valence-corrected chi connectivity index (χ0v) is 15.4. The highest BCUT2D eigenvalue weighted by Gasteiger charge is 2.45. The van der Waals surface area contributed by atoms with Gasteiger partial charge in [0.1, 0.15) is 17.9 Å². The lowest BCUT2D eigenvalue weighted by atomic mass is 10.1. The molecule has 0 saturated carbocycles. The molecule has 28 heavy (non-hydrogen) atoms. The van der Waals surface area contributed by atoms with E-state index in [1.807, 2.05) is 6.07 Å². The first-order chi connectivity index (χ1) is 13.2. The Morgan fingerprint density at radius 3 is 2.46 bits per heavy atom. The number of rotatable bonds is 7. The molecule has 1 heterocycles. The number of halogens is 1. The van der Waals surface area contributed by atoms with Gasteiger partial charge >= 0.3 is 12.0 Å². The molecule has 1 aliphatic rings. The molecule has 4 amide bonds. The van der Waals surface area contributed by atoms with Gasteiger partial charge in [-0.3, -0.25) is 19.3 Å². The smallest absolute Gasteiger partial charge is 0.326 e. The molecule has 0 bridgehead atoms. The highest BCUT2D eigenvalue weighted by molar-refractivity contribution is 6.08. The molecule has 1 aromatic carbocycles. The third-order valence-electron chi connectivity index (χ3n) is 3.97. The fraction of sp³-hybridized carbons (Fsp3) is 0.389. The summed E-state index contributed by atoms with van der Waals surface area (Å²) in [5.74, 6) is -2.64. The van der Waals surface area contributed by atoms with E-state index < -0.39 is 48.3 Å². The maximum atomic E-state index is 13.1. The number of anilines is 1. The van der Waals surface area contributed by atoms with Crippen molar-refractivity contribution >= 4 is 29.5 Å². The molecular formula is C18H19FN4O5. The Hall–Kier alpha value is -3.48. The first kappa shape index (κ1) is 20.8. The van der Waals surface area contributed by atoms with Crippen molar-refractivity contribution in [1.29, 1.82) is 5.26 Å². The number of hydrogen-bond acceptors (Lipinski definition) is 6. The zero-order valence-electron chi connectivity index (χ0n) is 15.4. The van der Waals surface area contributed by atoms with E-state index in [0.717, 1.165) is 12.1 Å². The van der Waals surface area contributed by atoms with Gasteiger partial charge in [0.05, 0.1) is 12.5 Å². The van der Waals surface area contributed by atoms with Crippen LogP contribution in [0.1, 0.15) is 20.3 Å². The van der Waals surface area contributed by atoms with Crippen LogP contribution in [0.15, 0.2) is 24.3 Å². The summed E-state index contributed by atoms with van der Waals surface area (Å²) in [6, 6.07) is 6.22. The van der Waals surface area contributed by atoms with Crippen LogP contribution in [-0.2, 0) is 19.1 Å². The summed E-state index contributed by atoms with van der Waals surface area (Å²) in [6.07, 6.45) is 0.0224. The second kappa shape index (κ2) is 8.47. The molecule has 0 aromatic heterocycles. The topological polar surface area (TPSA) is 120 Å². The van der Waals surface area contributed by atoms with Gasteiger partial charge in [0.25, 0.3) is 11.8 Å². The van der Waals surface area contributed by atoms with Crippen molar-refractivity contribution in [2.24, 2.45) is 0 Å². The van der Waals surface area contributed by atoms with Gasteiger partial charge in [0.2, 0.25) is 0 Å². The average molecular weight is 390 g/mol. The van der Waals surface area contributed by atoms with Crippen LogP contribution < -0.4 is 10.2 Å². The molecule has 148 valence electrons. The van der Waals surface area contributed by atoms with Gasteiger partial charge < -0.3 is 15.0 Å². The molecule has 1 aliphatic heterocycles. The van der Waals surface area contributed by atoms with Crippen molar-refractivity contribution in [2.75, 3.05) is 24.6 Å². The Balaban J connectivity index is 1.97. The van der Waals surface area contributed by atoms with Crippen LogP contribution in [0.5, 0.6) is 0 Å². The Labute approximate surface area is 160 Å². The minimum absolute atomic E-state index is 0.0224. The molecular weight excluding hydrogens is 371 g/mol. The number of nitrogens with one attached hydrogen (secondary N) is 1. The van der Waals surface area contributed by atoms with Crippen LogP contribution in [0.25, 0.3) is 0 Å². The van der Waals surface area contributed by atoms with Crippen LogP contribution in [0, 0.1) is 17.1 Å². The number of carbonyl (C=O) groups is 4. The number of esters is 1. The van der Waals surface area contributed by atoms with Gasteiger partial charge in [0.15, 0.2) is 6.61 Å². The van der Waals surface area contributed by atoms with Crippen LogP contribution in [0.2, 0.25) is 0 Å². The van der Waals surface area contributed by atoms with Gasteiger partial charge in [-0.15, -0.1) is 0 Å². The number of urea groups is 1. The number of amides is 4. The second-order valence-electron chi connectivity index (χ2n) is 6.54. The lowest BCUT2D eigenvalue weighted by Gasteiger charge is -2.22. The minimum Gasteiger partial charge on any atom is -0.454 e. The molecule has 1 saturated heterocycles. The van der Waals surface area contributed by atoms with Crippen molar-refractivity contribution < 1.29 is 28.3 Å². The lowest BCUT2D eigenvalue weighted by molar-refractivity contribution is -0.150. The highest BCUT2D eigenvalue weighted by Crippen LogP contribution is 2.17. The number of carbonyl (C=O) groups excluding carboxylic acids is 4. The zero-order chi connectivity index (χ0) is 20.9. The predicted molar refractivity (Wildman–Crippen MR) is 94.3 cm³/mol. The summed E-state index contributed by atoms with van der Waals surface area (Å²) >= 11 is 0. The van der Waals surface area contributed by atoms with Crippen molar-refractivity contribution in [2.45, 2.75) is 25.8 Å². The first-order valence-corrected chi connectivity index (χ1v) is 8.38. The third kappa shape index (κ3) is 4.82. The Morgan fingerprint density at radius 1 is 1.29 bits per heavy atom. The molecule has 0 spiro atoms. The normalized spacial score (nSPS) is 15.0. The highest BCUT2D eigenvalue weighted by atomic mass is 19.1. The average Bonchev–Trinajstić information content (AvgIpc) is 2.83. The van der Waals surface area contributed by atoms with Gasteiger partial charge in [-0.05, 0) is 38.1 Å². The van der Waals surface area contributed by atoms with E-state index in [9.17, 15) is 23.6 Å². The second-order valence-corrected chi connectivity index (χ2v) is 6.54. The summed E-state index contributed by atoms with van der Waals surface area (Å²) in [4.78, 5) is 50.1. The number of benzene rings is 1. The number of hydrogen-bond donors (Lipinski definition) is 1. The van der Waals surface area contributed by atoms with Gasteiger partial charge in [-0.1, -0.05) is 0 Å². The molecule has 0 radical (unpaired) electrons. The summed E-state index contributed by atoms with van der Waals surface area (Å²) in [6.45, 7) is 1.74. The van der Waals surface area contributed by atoms with Gasteiger partial charge in [-0.25, -0.2) is 9.18 Å². The molecule has 0 aliphatic carbocycles. The van der Waals surface area contributed by atoms with Crippen LogP contribution in [0.3, 0.4) is 0 Å². The van der Waals surface area contributed by atoms with Gasteiger partial charge in [0, 0.05) is 12.2 Å². The van der Waals surface area contributed by atoms with Crippen molar-refractivity contribution in [3.8, 4) is 6.07 Å². The molecule has 2 rings (SSSR count). The number of nitrogens with zero attached hydrogens (tertiary/aromatic N) is 3. The summed E-state index contributed by atoms with van der Waals surface area (Å²) in [5.41, 5.74) is -0.780. The van der Waals surface area contributed by atoms with E-state index in [1.165, 1.54) is 30.9 Å². The van der Waals surface area contributed by atoms with E-state index in [-0.39, 0.29) is 13.0 Å². The first-order valence-electron chi connectivity index (χ1n) is 8.38. The largest absolute Gasteiger partial charge is 0.454 e. The molecule has 10 heteroatoms. The Morgan fingerprint density at radius 2 is 1.93 bits per heavy atom. The monoisotopic (exact) mass is 390 g/mol. The van der Waals surface area contributed by atoms with E-state index in [0.29, 0.717) is 10.6 Å².